The van der Waals surface area contributed by atoms with Crippen molar-refractivity contribution in [1.29, 1.82) is 5.26 Å². The number of rotatable bonds is 6. The quantitative estimate of drug-likeness (QED) is 0.744. The lowest BCUT2D eigenvalue weighted by atomic mass is 10.1. The van der Waals surface area contributed by atoms with Gasteiger partial charge in [0.1, 0.15) is 0 Å². The first-order valence-corrected chi connectivity index (χ1v) is 10.5. The number of benzene rings is 2. The van der Waals surface area contributed by atoms with Gasteiger partial charge in [0.15, 0.2) is 0 Å². The van der Waals surface area contributed by atoms with Crippen LogP contribution in [0.1, 0.15) is 18.1 Å². The first-order chi connectivity index (χ1) is 14.0. The molecule has 0 aliphatic carbocycles. The zero-order valence-corrected chi connectivity index (χ0v) is 17.2. The first kappa shape index (κ1) is 20.9. The molecule has 0 unspecified atom stereocenters. The zero-order chi connectivity index (χ0) is 20.6. The van der Waals surface area contributed by atoms with Crippen LogP contribution in [0, 0.1) is 11.3 Å². The van der Waals surface area contributed by atoms with Crippen molar-refractivity contribution in [2.75, 3.05) is 37.2 Å². The second-order valence-electron chi connectivity index (χ2n) is 6.96. The summed E-state index contributed by atoms with van der Waals surface area (Å²) in [4.78, 5) is 28.8. The highest BCUT2D eigenvalue weighted by molar-refractivity contribution is 8.00. The Balaban J connectivity index is 1.41. The van der Waals surface area contributed by atoms with Crippen molar-refractivity contribution in [2.24, 2.45) is 0 Å². The largest absolute Gasteiger partial charge is 0.339 e. The van der Waals surface area contributed by atoms with Crippen molar-refractivity contribution >= 4 is 29.3 Å². The summed E-state index contributed by atoms with van der Waals surface area (Å²) in [6, 6.07) is 17.3. The maximum atomic E-state index is 12.5. The summed E-state index contributed by atoms with van der Waals surface area (Å²) in [5.41, 5.74) is 2.61. The molecule has 1 heterocycles. The molecular formula is C22H24N4O2S. The zero-order valence-electron chi connectivity index (χ0n) is 16.4. The van der Waals surface area contributed by atoms with Gasteiger partial charge in [-0.3, -0.25) is 14.5 Å². The highest BCUT2D eigenvalue weighted by atomic mass is 32.2. The third kappa shape index (κ3) is 6.34. The molecule has 7 heteroatoms. The van der Waals surface area contributed by atoms with E-state index in [1.165, 1.54) is 24.2 Å². The second-order valence-corrected chi connectivity index (χ2v) is 8.01. The SMILES string of the molecule is CC(=O)Nc1ccc(SCC(=O)N2CCN(Cc3ccc(C#N)cc3)CC2)cc1. The molecule has 1 aliphatic rings. The number of hydrogen-bond acceptors (Lipinski definition) is 5. The Morgan fingerprint density at radius 1 is 1.03 bits per heavy atom. The Hall–Kier alpha value is -2.82. The van der Waals surface area contributed by atoms with Crippen molar-refractivity contribution in [3.8, 4) is 6.07 Å². The van der Waals surface area contributed by atoms with E-state index in [1.54, 1.807) is 0 Å². The smallest absolute Gasteiger partial charge is 0.233 e. The number of piperazine rings is 1. The van der Waals surface area contributed by atoms with E-state index >= 15 is 0 Å². The fourth-order valence-corrected chi connectivity index (χ4v) is 3.97. The van der Waals surface area contributed by atoms with E-state index in [2.05, 4.69) is 16.3 Å². The maximum Gasteiger partial charge on any atom is 0.233 e. The van der Waals surface area contributed by atoms with Gasteiger partial charge in [-0.25, -0.2) is 0 Å². The lowest BCUT2D eigenvalue weighted by molar-refractivity contribution is -0.130. The van der Waals surface area contributed by atoms with Crippen LogP contribution >= 0.6 is 11.8 Å². The maximum absolute atomic E-state index is 12.5. The molecule has 2 aromatic rings. The number of nitrogens with zero attached hydrogens (tertiary/aromatic N) is 3. The Morgan fingerprint density at radius 2 is 1.69 bits per heavy atom. The Labute approximate surface area is 175 Å². The van der Waals surface area contributed by atoms with Crippen LogP contribution in [0.25, 0.3) is 0 Å². The van der Waals surface area contributed by atoms with E-state index in [4.69, 9.17) is 5.26 Å². The molecule has 2 aromatic carbocycles. The van der Waals surface area contributed by atoms with E-state index in [0.29, 0.717) is 11.3 Å². The second kappa shape index (κ2) is 10.1. The molecule has 1 aliphatic heterocycles. The average molecular weight is 409 g/mol. The van der Waals surface area contributed by atoms with Gasteiger partial charge in [0.05, 0.1) is 17.4 Å². The van der Waals surface area contributed by atoms with Crippen LogP contribution in [0.4, 0.5) is 5.69 Å². The predicted molar refractivity (Wildman–Crippen MR) is 114 cm³/mol. The molecule has 0 saturated carbocycles. The Kier molecular flexibility index (Phi) is 7.28. The fraction of sp³-hybridized carbons (Fsp3) is 0.318. The third-order valence-electron chi connectivity index (χ3n) is 4.75. The molecule has 150 valence electrons. The summed E-state index contributed by atoms with van der Waals surface area (Å²) in [6.45, 7) is 5.48. The average Bonchev–Trinajstić information content (AvgIpc) is 2.74. The minimum Gasteiger partial charge on any atom is -0.339 e. The molecule has 1 N–H and O–H groups in total. The van der Waals surface area contributed by atoms with Crippen molar-refractivity contribution in [3.05, 3.63) is 59.7 Å². The van der Waals surface area contributed by atoms with Crippen LogP contribution in [-0.4, -0.2) is 53.5 Å². The number of anilines is 1. The van der Waals surface area contributed by atoms with Gasteiger partial charge in [0.25, 0.3) is 0 Å². The topological polar surface area (TPSA) is 76.4 Å². The Morgan fingerprint density at radius 3 is 2.28 bits per heavy atom. The number of nitriles is 1. The van der Waals surface area contributed by atoms with E-state index in [-0.39, 0.29) is 11.8 Å². The number of nitrogens with one attached hydrogen (secondary N) is 1. The standard InChI is InChI=1S/C22H24N4O2S/c1-17(27)24-20-6-8-21(9-7-20)29-16-22(28)26-12-10-25(11-13-26)15-19-4-2-18(14-23)3-5-19/h2-9H,10-13,15-16H2,1H3,(H,24,27). The number of carbonyl (C=O) groups excluding carboxylic acids is 2. The summed E-state index contributed by atoms with van der Waals surface area (Å²) in [5, 5.41) is 11.6. The van der Waals surface area contributed by atoms with Crippen molar-refractivity contribution in [2.45, 2.75) is 18.4 Å². The molecule has 0 aromatic heterocycles. The monoisotopic (exact) mass is 408 g/mol. The van der Waals surface area contributed by atoms with Gasteiger partial charge >= 0.3 is 0 Å². The molecule has 2 amide bonds. The van der Waals surface area contributed by atoms with Crippen LogP contribution in [0.15, 0.2) is 53.4 Å². The number of thioether (sulfide) groups is 1. The summed E-state index contributed by atoms with van der Waals surface area (Å²) in [5.74, 6) is 0.465. The van der Waals surface area contributed by atoms with Crippen LogP contribution in [0.2, 0.25) is 0 Å². The minimum absolute atomic E-state index is 0.0982. The lowest BCUT2D eigenvalue weighted by Gasteiger charge is -2.34. The molecule has 1 fully saturated rings. The van der Waals surface area contributed by atoms with Crippen LogP contribution in [-0.2, 0) is 16.1 Å². The van der Waals surface area contributed by atoms with Crippen molar-refractivity contribution < 1.29 is 9.59 Å². The van der Waals surface area contributed by atoms with E-state index in [0.717, 1.165) is 43.3 Å². The summed E-state index contributed by atoms with van der Waals surface area (Å²) >= 11 is 1.51. The fourth-order valence-electron chi connectivity index (χ4n) is 3.17. The van der Waals surface area contributed by atoms with E-state index < -0.39 is 0 Å². The lowest BCUT2D eigenvalue weighted by Crippen LogP contribution is -2.48. The van der Waals surface area contributed by atoms with Gasteiger partial charge in [0.2, 0.25) is 11.8 Å². The van der Waals surface area contributed by atoms with Gasteiger partial charge in [-0.15, -0.1) is 11.8 Å². The predicted octanol–water partition coefficient (Wildman–Crippen LogP) is 2.95. The van der Waals surface area contributed by atoms with Gasteiger partial charge in [-0.05, 0) is 42.0 Å². The molecular weight excluding hydrogens is 384 g/mol. The normalized spacial score (nSPS) is 14.3. The molecule has 29 heavy (non-hydrogen) atoms. The Bertz CT molecular complexity index is 883. The molecule has 1 saturated heterocycles. The molecule has 0 bridgehead atoms. The van der Waals surface area contributed by atoms with Crippen molar-refractivity contribution in [1.82, 2.24) is 9.80 Å². The highest BCUT2D eigenvalue weighted by Crippen LogP contribution is 2.21. The van der Waals surface area contributed by atoms with Gasteiger partial charge in [0, 0.05) is 50.2 Å². The van der Waals surface area contributed by atoms with E-state index in [1.807, 2.05) is 53.4 Å². The van der Waals surface area contributed by atoms with Crippen LogP contribution in [0.5, 0.6) is 0 Å². The van der Waals surface area contributed by atoms with Gasteiger partial charge in [-0.1, -0.05) is 12.1 Å². The highest BCUT2D eigenvalue weighted by Gasteiger charge is 2.21. The summed E-state index contributed by atoms with van der Waals surface area (Å²) in [7, 11) is 0. The van der Waals surface area contributed by atoms with Gasteiger partial charge in [-0.2, -0.15) is 5.26 Å². The summed E-state index contributed by atoms with van der Waals surface area (Å²) in [6.07, 6.45) is 0. The minimum atomic E-state index is -0.0982. The number of amides is 2. The molecule has 0 spiro atoms. The molecule has 0 atom stereocenters. The van der Waals surface area contributed by atoms with Gasteiger partial charge < -0.3 is 10.2 Å². The number of hydrogen-bond donors (Lipinski definition) is 1. The van der Waals surface area contributed by atoms with Crippen LogP contribution in [0.3, 0.4) is 0 Å². The third-order valence-corrected chi connectivity index (χ3v) is 5.75. The summed E-state index contributed by atoms with van der Waals surface area (Å²) < 4.78 is 0. The van der Waals surface area contributed by atoms with E-state index in [9.17, 15) is 9.59 Å². The van der Waals surface area contributed by atoms with Crippen molar-refractivity contribution in [3.63, 3.8) is 0 Å². The first-order valence-electron chi connectivity index (χ1n) is 9.53. The number of carbonyl (C=O) groups is 2. The molecule has 6 nitrogen and oxygen atoms in total. The van der Waals surface area contributed by atoms with Crippen LogP contribution < -0.4 is 5.32 Å². The molecule has 3 rings (SSSR count). The molecule has 0 radical (unpaired) electrons.